The Bertz CT molecular complexity index is 1390. The summed E-state index contributed by atoms with van der Waals surface area (Å²) in [5.74, 6) is 0.947. The summed E-state index contributed by atoms with van der Waals surface area (Å²) >= 11 is 7.58. The summed E-state index contributed by atoms with van der Waals surface area (Å²) in [6.45, 7) is 6.80. The third kappa shape index (κ3) is 4.70. The first-order valence-corrected chi connectivity index (χ1v) is 11.5. The van der Waals surface area contributed by atoms with Crippen molar-refractivity contribution in [1.82, 2.24) is 9.55 Å². The first-order chi connectivity index (χ1) is 14.8. The van der Waals surface area contributed by atoms with Crippen molar-refractivity contribution in [2.75, 3.05) is 0 Å². The van der Waals surface area contributed by atoms with Gasteiger partial charge in [-0.2, -0.15) is 0 Å². The molecule has 0 spiro atoms. The Balaban J connectivity index is 1.77. The molecule has 5 nitrogen and oxygen atoms in total. The maximum Gasteiger partial charge on any atom is 0.336 e. The fourth-order valence-corrected chi connectivity index (χ4v) is 4.65. The molecule has 0 bridgehead atoms. The van der Waals surface area contributed by atoms with Gasteiger partial charge in [0, 0.05) is 28.8 Å². The molecule has 2 heterocycles. The fraction of sp³-hybridized carbons (Fsp3) is 0.292. The van der Waals surface area contributed by atoms with Gasteiger partial charge in [0.05, 0.1) is 10.9 Å². The van der Waals surface area contributed by atoms with Crippen molar-refractivity contribution in [2.45, 2.75) is 44.6 Å². The van der Waals surface area contributed by atoms with Gasteiger partial charge in [0.25, 0.3) is 5.56 Å². The molecule has 0 unspecified atom stereocenters. The SMILES string of the molecule is Cc1ccc2c(CSc3nc4cc(Cl)ccc4c(=O)n3CCC(C)C)cc(=O)oc2c1. The van der Waals surface area contributed by atoms with E-state index in [1.54, 1.807) is 22.8 Å². The Morgan fingerprint density at radius 3 is 2.65 bits per heavy atom. The Labute approximate surface area is 189 Å². The zero-order chi connectivity index (χ0) is 22.1. The van der Waals surface area contributed by atoms with Gasteiger partial charge in [-0.25, -0.2) is 9.78 Å². The van der Waals surface area contributed by atoms with Crippen molar-refractivity contribution in [3.05, 3.63) is 79.4 Å². The van der Waals surface area contributed by atoms with E-state index in [0.717, 1.165) is 22.9 Å². The highest BCUT2D eigenvalue weighted by Crippen LogP contribution is 2.27. The first-order valence-electron chi connectivity index (χ1n) is 10.2. The summed E-state index contributed by atoms with van der Waals surface area (Å²) in [5, 5.41) is 2.60. The van der Waals surface area contributed by atoms with Crippen LogP contribution in [-0.4, -0.2) is 9.55 Å². The number of hydrogen-bond acceptors (Lipinski definition) is 5. The number of hydrogen-bond donors (Lipinski definition) is 0. The number of benzene rings is 2. The number of aryl methyl sites for hydroxylation is 1. The number of fused-ring (bicyclic) bond motifs is 2. The van der Waals surface area contributed by atoms with Crippen LogP contribution in [0, 0.1) is 12.8 Å². The normalized spacial score (nSPS) is 11.6. The molecule has 0 radical (unpaired) electrons. The molecular formula is C24H23ClN2O3S. The zero-order valence-corrected chi connectivity index (χ0v) is 19.2. The van der Waals surface area contributed by atoms with E-state index >= 15 is 0 Å². The second-order valence-electron chi connectivity index (χ2n) is 8.07. The van der Waals surface area contributed by atoms with Crippen molar-refractivity contribution >= 4 is 45.2 Å². The third-order valence-electron chi connectivity index (χ3n) is 5.15. The first kappa shape index (κ1) is 21.7. The number of nitrogens with zero attached hydrogens (tertiary/aromatic N) is 2. The van der Waals surface area contributed by atoms with Gasteiger partial charge < -0.3 is 4.42 Å². The molecule has 160 valence electrons. The van der Waals surface area contributed by atoms with E-state index in [2.05, 4.69) is 13.8 Å². The molecule has 0 aliphatic heterocycles. The summed E-state index contributed by atoms with van der Waals surface area (Å²) < 4.78 is 7.10. The zero-order valence-electron chi connectivity index (χ0n) is 17.6. The molecule has 31 heavy (non-hydrogen) atoms. The van der Waals surface area contributed by atoms with Crippen LogP contribution in [0.25, 0.3) is 21.9 Å². The van der Waals surface area contributed by atoms with Gasteiger partial charge >= 0.3 is 5.63 Å². The highest BCUT2D eigenvalue weighted by atomic mass is 35.5. The lowest BCUT2D eigenvalue weighted by molar-refractivity contribution is 0.481. The van der Waals surface area contributed by atoms with Gasteiger partial charge in [0.15, 0.2) is 5.16 Å². The highest BCUT2D eigenvalue weighted by Gasteiger charge is 2.14. The van der Waals surface area contributed by atoms with Gasteiger partial charge in [-0.05, 0) is 54.7 Å². The Hall–Kier alpha value is -2.57. The molecule has 0 saturated heterocycles. The average Bonchev–Trinajstić information content (AvgIpc) is 2.70. The smallest absolute Gasteiger partial charge is 0.336 e. The van der Waals surface area contributed by atoms with Crippen molar-refractivity contribution < 1.29 is 4.42 Å². The minimum Gasteiger partial charge on any atom is -0.423 e. The van der Waals surface area contributed by atoms with Crippen LogP contribution in [0.4, 0.5) is 0 Å². The van der Waals surface area contributed by atoms with Gasteiger partial charge in [-0.3, -0.25) is 9.36 Å². The molecule has 2 aromatic carbocycles. The quantitative estimate of drug-likeness (QED) is 0.209. The minimum atomic E-state index is -0.385. The highest BCUT2D eigenvalue weighted by molar-refractivity contribution is 7.98. The van der Waals surface area contributed by atoms with Crippen molar-refractivity contribution in [1.29, 1.82) is 0 Å². The van der Waals surface area contributed by atoms with Crippen molar-refractivity contribution in [2.24, 2.45) is 5.92 Å². The second-order valence-corrected chi connectivity index (χ2v) is 9.45. The second kappa shape index (κ2) is 8.89. The van der Waals surface area contributed by atoms with Crippen molar-refractivity contribution in [3.8, 4) is 0 Å². The molecule has 2 aromatic heterocycles. The molecule has 4 rings (SSSR count). The van der Waals surface area contributed by atoms with Crippen LogP contribution in [0.3, 0.4) is 0 Å². The molecule has 0 aliphatic carbocycles. The van der Waals surface area contributed by atoms with Crippen LogP contribution in [-0.2, 0) is 12.3 Å². The van der Waals surface area contributed by atoms with Crippen LogP contribution in [0.5, 0.6) is 0 Å². The van der Waals surface area contributed by atoms with Crippen LogP contribution >= 0.6 is 23.4 Å². The van der Waals surface area contributed by atoms with Gasteiger partial charge in [-0.1, -0.05) is 49.3 Å². The summed E-state index contributed by atoms with van der Waals surface area (Å²) in [4.78, 5) is 30.0. The predicted molar refractivity (Wildman–Crippen MR) is 127 cm³/mol. The lowest BCUT2D eigenvalue weighted by Gasteiger charge is -2.14. The molecule has 0 saturated carbocycles. The van der Waals surface area contributed by atoms with Gasteiger partial charge in [0.1, 0.15) is 5.58 Å². The van der Waals surface area contributed by atoms with Crippen LogP contribution in [0.1, 0.15) is 31.4 Å². The summed E-state index contributed by atoms with van der Waals surface area (Å²) in [7, 11) is 0. The lowest BCUT2D eigenvalue weighted by Crippen LogP contribution is -2.24. The average molecular weight is 455 g/mol. The van der Waals surface area contributed by atoms with E-state index < -0.39 is 0 Å². The van der Waals surface area contributed by atoms with E-state index in [-0.39, 0.29) is 11.2 Å². The topological polar surface area (TPSA) is 65.1 Å². The summed E-state index contributed by atoms with van der Waals surface area (Å²) in [6.07, 6.45) is 0.866. The third-order valence-corrected chi connectivity index (χ3v) is 6.42. The Kier molecular flexibility index (Phi) is 6.21. The molecule has 0 aliphatic rings. The summed E-state index contributed by atoms with van der Waals surface area (Å²) in [6, 6.07) is 12.5. The van der Waals surface area contributed by atoms with E-state index in [9.17, 15) is 9.59 Å². The fourth-order valence-electron chi connectivity index (χ4n) is 3.47. The van der Waals surface area contributed by atoms with Crippen LogP contribution in [0.2, 0.25) is 5.02 Å². The number of aromatic nitrogens is 2. The maximum atomic E-state index is 13.2. The largest absolute Gasteiger partial charge is 0.423 e. The van der Waals surface area contributed by atoms with E-state index in [1.807, 2.05) is 25.1 Å². The molecule has 0 atom stereocenters. The molecule has 7 heteroatoms. The van der Waals surface area contributed by atoms with Gasteiger partial charge in [0.2, 0.25) is 0 Å². The number of halogens is 1. The molecular weight excluding hydrogens is 432 g/mol. The molecule has 4 aromatic rings. The number of rotatable bonds is 6. The lowest BCUT2D eigenvalue weighted by atomic mass is 10.1. The molecule has 0 fully saturated rings. The maximum absolute atomic E-state index is 13.2. The molecule has 0 amide bonds. The molecule has 0 N–H and O–H groups in total. The predicted octanol–water partition coefficient (Wildman–Crippen LogP) is 5.80. The monoisotopic (exact) mass is 454 g/mol. The van der Waals surface area contributed by atoms with Crippen LogP contribution < -0.4 is 11.2 Å². The van der Waals surface area contributed by atoms with E-state index in [1.165, 1.54) is 17.8 Å². The van der Waals surface area contributed by atoms with E-state index in [4.69, 9.17) is 21.0 Å². The summed E-state index contributed by atoms with van der Waals surface area (Å²) in [5.41, 5.74) is 2.57. The number of thioether (sulfide) groups is 1. The van der Waals surface area contributed by atoms with Crippen molar-refractivity contribution in [3.63, 3.8) is 0 Å². The van der Waals surface area contributed by atoms with E-state index in [0.29, 0.717) is 44.9 Å². The standard InChI is InChI=1S/C24H23ClN2O3S/c1-14(2)8-9-27-23(29)19-7-5-17(25)12-20(19)26-24(27)31-13-16-11-22(28)30-21-10-15(3)4-6-18(16)21/h4-7,10-12,14H,8-9,13H2,1-3H3. The minimum absolute atomic E-state index is 0.0714. The Morgan fingerprint density at radius 1 is 1.10 bits per heavy atom. The van der Waals surface area contributed by atoms with Gasteiger partial charge in [-0.15, -0.1) is 0 Å². The Morgan fingerprint density at radius 2 is 1.87 bits per heavy atom. The van der Waals surface area contributed by atoms with Crippen LogP contribution in [0.15, 0.2) is 61.6 Å².